The highest BCUT2D eigenvalue weighted by Crippen LogP contribution is 2.52. The van der Waals surface area contributed by atoms with E-state index in [0.717, 1.165) is 0 Å². The molecule has 1 aliphatic rings. The van der Waals surface area contributed by atoms with Crippen molar-refractivity contribution in [2.45, 2.75) is 24.3 Å². The lowest BCUT2D eigenvalue weighted by Gasteiger charge is -2.37. The van der Waals surface area contributed by atoms with Gasteiger partial charge in [0.05, 0.1) is 0 Å². The van der Waals surface area contributed by atoms with E-state index in [-0.39, 0.29) is 13.8 Å². The first-order chi connectivity index (χ1) is 7.39. The largest absolute Gasteiger partial charge is 0.285 e. The van der Waals surface area contributed by atoms with E-state index in [2.05, 4.69) is 0 Å². The number of halogens is 5. The van der Waals surface area contributed by atoms with Crippen LogP contribution in [0.2, 0.25) is 0 Å². The summed E-state index contributed by atoms with van der Waals surface area (Å²) >= 11 is 0. The summed E-state index contributed by atoms with van der Waals surface area (Å²) in [4.78, 5) is 0. The van der Waals surface area contributed by atoms with E-state index in [0.29, 0.717) is 0 Å². The van der Waals surface area contributed by atoms with Gasteiger partial charge >= 0.3 is 0 Å². The van der Waals surface area contributed by atoms with Gasteiger partial charge in [-0.3, -0.25) is 4.55 Å². The molecule has 0 saturated heterocycles. The Morgan fingerprint density at radius 2 is 1.35 bits per heavy atom. The van der Waals surface area contributed by atoms with Crippen molar-refractivity contribution in [2.24, 2.45) is 0 Å². The van der Waals surface area contributed by atoms with Crippen molar-refractivity contribution in [3.05, 3.63) is 23.3 Å². The molecule has 2 atom stereocenters. The molecule has 0 bridgehead atoms. The van der Waals surface area contributed by atoms with E-state index in [4.69, 9.17) is 4.55 Å². The van der Waals surface area contributed by atoms with E-state index in [9.17, 15) is 30.4 Å². The molecule has 2 unspecified atom stereocenters. The third kappa shape index (κ3) is 1.52. The Balaban J connectivity index is 3.78. The maximum absolute atomic E-state index is 13.8. The monoisotopic (exact) mass is 278 g/mol. The first kappa shape index (κ1) is 14.1. The van der Waals surface area contributed by atoms with Gasteiger partial charge in [-0.05, 0) is 13.8 Å². The fourth-order valence-corrected chi connectivity index (χ4v) is 2.27. The third-order valence-corrected chi connectivity index (χ3v) is 4.42. The number of alkyl halides is 1. The van der Waals surface area contributed by atoms with Crippen LogP contribution in [0.3, 0.4) is 0 Å². The van der Waals surface area contributed by atoms with Crippen LogP contribution in [0.15, 0.2) is 23.3 Å². The van der Waals surface area contributed by atoms with Gasteiger partial charge in [-0.15, -0.1) is 0 Å². The van der Waals surface area contributed by atoms with Crippen molar-refractivity contribution in [2.75, 3.05) is 0 Å². The Kier molecular flexibility index (Phi) is 2.92. The van der Waals surface area contributed by atoms with Gasteiger partial charge < -0.3 is 0 Å². The van der Waals surface area contributed by atoms with E-state index in [1.807, 2.05) is 0 Å². The summed E-state index contributed by atoms with van der Waals surface area (Å²) in [5.41, 5.74) is -3.77. The van der Waals surface area contributed by atoms with Crippen LogP contribution >= 0.6 is 0 Å². The van der Waals surface area contributed by atoms with Gasteiger partial charge in [0.15, 0.2) is 33.7 Å². The Hall–Kier alpha value is -0.960. The fourth-order valence-electron chi connectivity index (χ4n) is 1.38. The highest BCUT2D eigenvalue weighted by atomic mass is 32.2. The van der Waals surface area contributed by atoms with Gasteiger partial charge in [0.1, 0.15) is 0 Å². The summed E-state index contributed by atoms with van der Waals surface area (Å²) in [5, 5.41) is 0. The molecule has 0 aliphatic heterocycles. The van der Waals surface area contributed by atoms with Crippen LogP contribution in [0.1, 0.15) is 13.8 Å². The molecular formula is C8H7F5O3S. The van der Waals surface area contributed by atoms with Crippen LogP contribution in [-0.2, 0) is 10.1 Å². The number of hydrogen-bond donors (Lipinski definition) is 1. The summed E-state index contributed by atoms with van der Waals surface area (Å²) in [6, 6.07) is 0. The minimum Gasteiger partial charge on any atom is -0.285 e. The van der Waals surface area contributed by atoms with Crippen LogP contribution in [0.5, 0.6) is 0 Å². The quantitative estimate of drug-likeness (QED) is 0.592. The van der Waals surface area contributed by atoms with Gasteiger partial charge in [-0.25, -0.2) is 22.0 Å². The van der Waals surface area contributed by atoms with Gasteiger partial charge in [0.2, 0.25) is 0 Å². The number of hydrogen-bond acceptors (Lipinski definition) is 2. The summed E-state index contributed by atoms with van der Waals surface area (Å²) in [6.45, 7) is 0.394. The second-order valence-corrected chi connectivity index (χ2v) is 5.53. The molecule has 1 N–H and O–H groups in total. The predicted molar refractivity (Wildman–Crippen MR) is 48.0 cm³/mol. The molecule has 0 amide bonds. The van der Waals surface area contributed by atoms with Crippen LogP contribution < -0.4 is 0 Å². The van der Waals surface area contributed by atoms with E-state index < -0.39 is 43.8 Å². The molecule has 98 valence electrons. The van der Waals surface area contributed by atoms with Gasteiger partial charge in [0, 0.05) is 0 Å². The van der Waals surface area contributed by atoms with E-state index >= 15 is 0 Å². The predicted octanol–water partition coefficient (Wildman–Crippen LogP) is 2.68. The molecule has 9 heteroatoms. The average Bonchev–Trinajstić information content (AvgIpc) is 2.20. The number of rotatable bonds is 1. The third-order valence-electron chi connectivity index (χ3n) is 2.82. The Morgan fingerprint density at radius 3 is 1.71 bits per heavy atom. The van der Waals surface area contributed by atoms with E-state index in [1.54, 1.807) is 0 Å². The van der Waals surface area contributed by atoms with Crippen LogP contribution in [0.4, 0.5) is 22.0 Å². The molecule has 0 aromatic rings. The molecule has 3 nitrogen and oxygen atoms in total. The second kappa shape index (κ2) is 3.52. The number of allylic oxidation sites excluding steroid dienone is 3. The smallest absolute Gasteiger partial charge is 0.280 e. The highest BCUT2D eigenvalue weighted by molar-refractivity contribution is 7.87. The molecule has 17 heavy (non-hydrogen) atoms. The summed E-state index contributed by atoms with van der Waals surface area (Å²) < 4.78 is 92.8. The van der Waals surface area contributed by atoms with Crippen LogP contribution in [0, 0.1) is 0 Å². The maximum atomic E-state index is 13.8. The maximum Gasteiger partial charge on any atom is 0.280 e. The van der Waals surface area contributed by atoms with Crippen molar-refractivity contribution >= 4 is 10.1 Å². The van der Waals surface area contributed by atoms with Crippen molar-refractivity contribution < 1.29 is 34.9 Å². The first-order valence-electron chi connectivity index (χ1n) is 4.16. The SMILES string of the molecule is CC1(F)C(F)=C(F)C(F)=C(F)C1(C)S(=O)(=O)O. The lowest BCUT2D eigenvalue weighted by Crippen LogP contribution is -2.55. The average molecular weight is 278 g/mol. The zero-order chi connectivity index (χ0) is 13.8. The molecule has 0 aromatic carbocycles. The normalized spacial score (nSPS) is 35.5. The van der Waals surface area contributed by atoms with Crippen molar-refractivity contribution in [3.63, 3.8) is 0 Å². The molecule has 1 rings (SSSR count). The Bertz CT molecular complexity index is 533. The first-order valence-corrected chi connectivity index (χ1v) is 5.61. The van der Waals surface area contributed by atoms with Crippen molar-refractivity contribution in [1.29, 1.82) is 0 Å². The van der Waals surface area contributed by atoms with E-state index in [1.165, 1.54) is 0 Å². The Labute approximate surface area is 93.4 Å². The van der Waals surface area contributed by atoms with Gasteiger partial charge in [0.25, 0.3) is 10.1 Å². The molecule has 1 aliphatic carbocycles. The standard InChI is InChI=1S/C8H7F5O3S/c1-7(13)5(11)3(9)4(10)6(12)8(7,2)17(14,15)16/h1-2H3,(H,14,15,16). The molecule has 0 heterocycles. The zero-order valence-electron chi connectivity index (χ0n) is 8.56. The summed E-state index contributed by atoms with van der Waals surface area (Å²) in [5.74, 6) is -9.81. The van der Waals surface area contributed by atoms with Crippen LogP contribution in [0.25, 0.3) is 0 Å². The van der Waals surface area contributed by atoms with Crippen molar-refractivity contribution in [1.82, 2.24) is 0 Å². The van der Waals surface area contributed by atoms with Gasteiger partial charge in [-0.1, -0.05) is 0 Å². The molecule has 0 saturated carbocycles. The fraction of sp³-hybridized carbons (Fsp3) is 0.500. The molecule has 0 fully saturated rings. The summed E-state index contributed by atoms with van der Waals surface area (Å²) in [6.07, 6.45) is 0. The molecule has 0 radical (unpaired) electrons. The molecule has 0 aromatic heterocycles. The minimum atomic E-state index is -5.56. The van der Waals surface area contributed by atoms with Crippen LogP contribution in [-0.4, -0.2) is 23.4 Å². The molecule has 0 spiro atoms. The lowest BCUT2D eigenvalue weighted by atomic mass is 9.84. The lowest BCUT2D eigenvalue weighted by molar-refractivity contribution is 0.122. The molecular weight excluding hydrogens is 271 g/mol. The summed E-state index contributed by atoms with van der Waals surface area (Å²) in [7, 11) is -5.56. The highest BCUT2D eigenvalue weighted by Gasteiger charge is 2.65. The zero-order valence-corrected chi connectivity index (χ0v) is 9.38. The Morgan fingerprint density at radius 1 is 1.00 bits per heavy atom. The van der Waals surface area contributed by atoms with Gasteiger partial charge in [-0.2, -0.15) is 8.42 Å². The second-order valence-electron chi connectivity index (χ2n) is 3.77. The minimum absolute atomic E-state index is 0.182. The van der Waals surface area contributed by atoms with Crippen molar-refractivity contribution in [3.8, 4) is 0 Å². The topological polar surface area (TPSA) is 54.4 Å².